The standard InChI is InChI=1S/2C19H26N2O5.3C2H2O4/c2*1-4-17(25-15-8-6-5-7-9-15)21-18(13(3)22)26-16-10-14(19(23)24)11-20-12(16)2;3*3-1(4)2(5)6/h2*5-11,13,17-19,21-24H,4H2,1-3H3;3*(H,3,4)(H,5,6). The predicted octanol–water partition coefficient (Wildman–Crippen LogP) is 1.19. The fraction of sp³-hybridized carbons (Fsp3) is 0.364. The van der Waals surface area contributed by atoms with Crippen molar-refractivity contribution in [3.8, 4) is 23.0 Å². The molecule has 6 unspecified atom stereocenters. The molecule has 0 amide bonds. The van der Waals surface area contributed by atoms with Crippen LogP contribution in [-0.2, 0) is 28.8 Å². The Balaban J connectivity index is 0.00000101. The van der Waals surface area contributed by atoms with Crippen molar-refractivity contribution in [2.75, 3.05) is 0 Å². The number of aliphatic carboxylic acids is 6. The SMILES string of the molecule is CCC(NC(Oc1cc(C(O)O)cnc1C)C(C)O)Oc1ccccc1.CCC(NC(Oc1cc(C(O)O)cnc1C)C(C)O)Oc1ccccc1.O=C(O)C(=O)O.O=C(O)C(=O)O.O=C(O)C(=O)O. The number of aliphatic hydroxyl groups is 6. The number of nitrogens with zero attached hydrogens (tertiary/aromatic N) is 2. The van der Waals surface area contributed by atoms with E-state index in [1.54, 1.807) is 27.7 Å². The van der Waals surface area contributed by atoms with Gasteiger partial charge in [-0.1, -0.05) is 50.2 Å². The molecule has 0 radical (unpaired) electrons. The molecule has 0 bridgehead atoms. The van der Waals surface area contributed by atoms with Crippen molar-refractivity contribution in [1.29, 1.82) is 0 Å². The number of pyridine rings is 2. The predicted molar refractivity (Wildman–Crippen MR) is 239 cm³/mol. The summed E-state index contributed by atoms with van der Waals surface area (Å²) in [6, 6.07) is 21.7. The van der Waals surface area contributed by atoms with Gasteiger partial charge in [0.1, 0.15) is 35.2 Å². The molecule has 0 spiro atoms. The van der Waals surface area contributed by atoms with Crippen molar-refractivity contribution in [3.63, 3.8) is 0 Å². The number of carbonyl (C=O) groups is 6. The molecule has 2 heterocycles. The van der Waals surface area contributed by atoms with E-state index in [2.05, 4.69) is 20.6 Å². The fourth-order valence-electron chi connectivity index (χ4n) is 4.56. The first kappa shape index (κ1) is 62.4. The summed E-state index contributed by atoms with van der Waals surface area (Å²) in [7, 11) is 0. The highest BCUT2D eigenvalue weighted by Crippen LogP contribution is 2.24. The smallest absolute Gasteiger partial charge is 0.414 e. The third-order valence-corrected chi connectivity index (χ3v) is 8.14. The second-order valence-corrected chi connectivity index (χ2v) is 13.8. The number of benzene rings is 2. The number of hydrogen-bond acceptors (Lipinski definition) is 20. The van der Waals surface area contributed by atoms with Gasteiger partial charge in [0.05, 0.1) is 11.4 Å². The average Bonchev–Trinajstić information content (AvgIpc) is 3.30. The Hall–Kier alpha value is -7.56. The summed E-state index contributed by atoms with van der Waals surface area (Å²) >= 11 is 0. The lowest BCUT2D eigenvalue weighted by Gasteiger charge is -2.28. The van der Waals surface area contributed by atoms with Crippen LogP contribution in [-0.4, -0.2) is 144 Å². The molecular formula is C44H58N4O22. The Bertz CT molecular complexity index is 2000. The summed E-state index contributed by atoms with van der Waals surface area (Å²) in [5.74, 6) is -8.83. The first-order chi connectivity index (χ1) is 32.7. The van der Waals surface area contributed by atoms with E-state index in [1.165, 1.54) is 24.5 Å². The molecule has 0 fully saturated rings. The minimum atomic E-state index is -1.82. The van der Waals surface area contributed by atoms with E-state index in [9.17, 15) is 30.6 Å². The highest BCUT2D eigenvalue weighted by atomic mass is 16.5. The maximum atomic E-state index is 10.1. The van der Waals surface area contributed by atoms with E-state index in [4.69, 9.17) is 78.4 Å². The molecule has 2 aromatic carbocycles. The second kappa shape index (κ2) is 33.0. The van der Waals surface area contributed by atoms with Crippen LogP contribution in [0.15, 0.2) is 85.2 Å². The largest absolute Gasteiger partial charge is 0.475 e. The molecule has 4 rings (SSSR count). The van der Waals surface area contributed by atoms with Gasteiger partial charge >= 0.3 is 35.8 Å². The maximum absolute atomic E-state index is 10.1. The highest BCUT2D eigenvalue weighted by molar-refractivity contribution is 6.28. The number of rotatable bonds is 18. The highest BCUT2D eigenvalue weighted by Gasteiger charge is 2.25. The van der Waals surface area contributed by atoms with Crippen molar-refractivity contribution >= 4 is 35.8 Å². The number of carboxylic acid groups (broad SMARTS) is 6. The van der Waals surface area contributed by atoms with Crippen LogP contribution in [0.25, 0.3) is 0 Å². The van der Waals surface area contributed by atoms with Gasteiger partial charge in [0, 0.05) is 23.5 Å². The summed E-state index contributed by atoms with van der Waals surface area (Å²) in [6.45, 7) is 10.6. The molecular weight excluding hydrogens is 936 g/mol. The van der Waals surface area contributed by atoms with Gasteiger partial charge in [-0.25, -0.2) is 39.4 Å². The molecule has 14 N–H and O–H groups in total. The fourth-order valence-corrected chi connectivity index (χ4v) is 4.56. The van der Waals surface area contributed by atoms with Gasteiger partial charge in [0.25, 0.3) is 0 Å². The number of hydrogen-bond donors (Lipinski definition) is 14. The van der Waals surface area contributed by atoms with Crippen LogP contribution >= 0.6 is 0 Å². The monoisotopic (exact) mass is 994 g/mol. The van der Waals surface area contributed by atoms with Crippen molar-refractivity contribution in [2.24, 2.45) is 0 Å². The Labute approximate surface area is 399 Å². The quantitative estimate of drug-likeness (QED) is 0.0492. The second-order valence-electron chi connectivity index (χ2n) is 13.8. The van der Waals surface area contributed by atoms with E-state index >= 15 is 0 Å². The van der Waals surface area contributed by atoms with Crippen LogP contribution in [0.4, 0.5) is 0 Å². The van der Waals surface area contributed by atoms with Crippen LogP contribution in [0.1, 0.15) is 75.6 Å². The third kappa shape index (κ3) is 26.1. The zero-order valence-electron chi connectivity index (χ0n) is 38.5. The molecule has 0 aliphatic heterocycles. The topological polar surface area (TPSA) is 432 Å². The molecule has 0 aliphatic rings. The Kier molecular flexibility index (Phi) is 29.5. The lowest BCUT2D eigenvalue weighted by Crippen LogP contribution is -2.50. The lowest BCUT2D eigenvalue weighted by atomic mass is 10.2. The normalized spacial score (nSPS) is 12.8. The molecule has 6 atom stereocenters. The van der Waals surface area contributed by atoms with Gasteiger partial charge in [-0.15, -0.1) is 0 Å². The van der Waals surface area contributed by atoms with Crippen LogP contribution in [0.2, 0.25) is 0 Å². The summed E-state index contributed by atoms with van der Waals surface area (Å²) in [4.78, 5) is 62.8. The first-order valence-electron chi connectivity index (χ1n) is 20.4. The molecule has 26 nitrogen and oxygen atoms in total. The number of aromatic nitrogens is 2. The minimum absolute atomic E-state index is 0.211. The number of carboxylic acids is 6. The summed E-state index contributed by atoms with van der Waals surface area (Å²) in [5.41, 5.74) is 1.56. The van der Waals surface area contributed by atoms with Crippen LogP contribution in [0, 0.1) is 13.8 Å². The van der Waals surface area contributed by atoms with Gasteiger partial charge in [-0.3, -0.25) is 9.97 Å². The number of aryl methyl sites for hydroxylation is 2. The third-order valence-electron chi connectivity index (χ3n) is 8.14. The van der Waals surface area contributed by atoms with E-state index < -0.39 is 73.1 Å². The van der Waals surface area contributed by atoms with Gasteiger partial charge in [-0.2, -0.15) is 0 Å². The van der Waals surface area contributed by atoms with Gasteiger partial charge in [-0.05, 0) is 76.9 Å². The number of aliphatic hydroxyl groups excluding tert-OH is 4. The van der Waals surface area contributed by atoms with Crippen LogP contribution in [0.5, 0.6) is 23.0 Å². The maximum Gasteiger partial charge on any atom is 0.414 e. The van der Waals surface area contributed by atoms with Crippen LogP contribution in [0.3, 0.4) is 0 Å². The molecule has 386 valence electrons. The number of ether oxygens (including phenoxy) is 4. The summed E-state index contributed by atoms with van der Waals surface area (Å²) in [6.07, 6.45) is -3.24. The molecule has 4 aromatic rings. The Morgan fingerprint density at radius 1 is 0.486 bits per heavy atom. The molecule has 0 saturated heterocycles. The van der Waals surface area contributed by atoms with E-state index in [-0.39, 0.29) is 23.6 Å². The molecule has 26 heteroatoms. The van der Waals surface area contributed by atoms with Gasteiger partial charge in [0.15, 0.2) is 37.5 Å². The van der Waals surface area contributed by atoms with Crippen molar-refractivity contribution in [1.82, 2.24) is 20.6 Å². The van der Waals surface area contributed by atoms with Crippen molar-refractivity contribution in [3.05, 3.63) is 108 Å². The van der Waals surface area contributed by atoms with Crippen LogP contribution < -0.4 is 29.6 Å². The minimum Gasteiger partial charge on any atom is -0.475 e. The average molecular weight is 995 g/mol. The summed E-state index contributed by atoms with van der Waals surface area (Å²) < 4.78 is 23.4. The van der Waals surface area contributed by atoms with E-state index in [0.29, 0.717) is 47.2 Å². The molecule has 70 heavy (non-hydrogen) atoms. The first-order valence-corrected chi connectivity index (χ1v) is 20.4. The zero-order chi connectivity index (χ0) is 53.7. The Morgan fingerprint density at radius 2 is 0.757 bits per heavy atom. The van der Waals surface area contributed by atoms with Gasteiger partial charge < -0.3 is 80.2 Å². The number of para-hydroxylation sites is 2. The van der Waals surface area contributed by atoms with Crippen molar-refractivity contribution < 1.29 is 109 Å². The van der Waals surface area contributed by atoms with E-state index in [1.807, 2.05) is 74.5 Å². The zero-order valence-corrected chi connectivity index (χ0v) is 38.5. The Morgan fingerprint density at radius 3 is 0.971 bits per heavy atom. The molecule has 2 aromatic heterocycles. The lowest BCUT2D eigenvalue weighted by molar-refractivity contribution is -0.159. The summed E-state index contributed by atoms with van der Waals surface area (Å²) in [5, 5.41) is 108. The number of nitrogens with one attached hydrogen (secondary N) is 2. The molecule has 0 aliphatic carbocycles. The molecule has 0 saturated carbocycles. The van der Waals surface area contributed by atoms with E-state index in [0.717, 1.165) is 0 Å². The van der Waals surface area contributed by atoms with Crippen molar-refractivity contribution in [2.45, 2.75) is 104 Å². The van der Waals surface area contributed by atoms with Gasteiger partial charge in [0.2, 0.25) is 0 Å².